The van der Waals surface area contributed by atoms with Crippen LogP contribution in [0.3, 0.4) is 0 Å². The predicted molar refractivity (Wildman–Crippen MR) is 80.2 cm³/mol. The number of rotatable bonds is 4. The molecule has 4 heteroatoms. The second-order valence-corrected chi connectivity index (χ2v) is 6.06. The van der Waals surface area contributed by atoms with Gasteiger partial charge in [0.1, 0.15) is 5.82 Å². The molecule has 1 aromatic rings. The van der Waals surface area contributed by atoms with Gasteiger partial charge in [0.15, 0.2) is 0 Å². The number of nitrogens with two attached hydrogens (primary N) is 1. The lowest BCUT2D eigenvalue weighted by Gasteiger charge is -2.23. The average molecular weight is 262 g/mol. The monoisotopic (exact) mass is 262 g/mol. The van der Waals surface area contributed by atoms with Gasteiger partial charge in [0.05, 0.1) is 0 Å². The summed E-state index contributed by atoms with van der Waals surface area (Å²) >= 11 is 0. The highest BCUT2D eigenvalue weighted by atomic mass is 15.2. The molecule has 1 saturated heterocycles. The van der Waals surface area contributed by atoms with E-state index in [-0.39, 0.29) is 0 Å². The Hall–Kier alpha value is -1.13. The van der Waals surface area contributed by atoms with Crippen molar-refractivity contribution in [2.45, 2.75) is 39.4 Å². The first kappa shape index (κ1) is 14.3. The van der Waals surface area contributed by atoms with Crippen LogP contribution in [0.5, 0.6) is 0 Å². The molecule has 0 radical (unpaired) electrons. The molecule has 2 rings (SSSR count). The van der Waals surface area contributed by atoms with Gasteiger partial charge in [0.2, 0.25) is 0 Å². The van der Waals surface area contributed by atoms with E-state index < -0.39 is 0 Å². The minimum Gasteiger partial charge on any atom is -0.357 e. The van der Waals surface area contributed by atoms with Crippen LogP contribution in [0.25, 0.3) is 0 Å². The second kappa shape index (κ2) is 5.88. The van der Waals surface area contributed by atoms with Crippen LogP contribution < -0.4 is 10.6 Å². The maximum atomic E-state index is 6.06. The Kier molecular flexibility index (Phi) is 4.42. The number of pyridine rings is 1. The van der Waals surface area contributed by atoms with E-state index in [9.17, 15) is 0 Å². The van der Waals surface area contributed by atoms with Gasteiger partial charge in [-0.2, -0.15) is 0 Å². The van der Waals surface area contributed by atoms with Gasteiger partial charge in [-0.1, -0.05) is 13.0 Å². The van der Waals surface area contributed by atoms with Crippen molar-refractivity contribution >= 4 is 5.82 Å². The Morgan fingerprint density at radius 1 is 1.42 bits per heavy atom. The highest BCUT2D eigenvalue weighted by molar-refractivity contribution is 5.39. The lowest BCUT2D eigenvalue weighted by atomic mass is 10.1. The summed E-state index contributed by atoms with van der Waals surface area (Å²) in [6.07, 6.45) is 1.99. The Morgan fingerprint density at radius 3 is 2.63 bits per heavy atom. The third-order valence-electron chi connectivity index (χ3n) is 4.10. The summed E-state index contributed by atoms with van der Waals surface area (Å²) in [5, 5.41) is 0. The molecule has 0 spiro atoms. The van der Waals surface area contributed by atoms with E-state index in [4.69, 9.17) is 5.73 Å². The van der Waals surface area contributed by atoms with E-state index in [2.05, 4.69) is 54.7 Å². The molecule has 0 aromatic carbocycles. The van der Waals surface area contributed by atoms with Crippen LogP contribution in [0.1, 0.15) is 26.3 Å². The molecule has 4 nitrogen and oxygen atoms in total. The minimum atomic E-state index is 0.319. The first-order chi connectivity index (χ1) is 8.97. The molecule has 2 N–H and O–H groups in total. The predicted octanol–water partition coefficient (Wildman–Crippen LogP) is 1.71. The third kappa shape index (κ3) is 3.45. The quantitative estimate of drug-likeness (QED) is 0.897. The van der Waals surface area contributed by atoms with Crippen molar-refractivity contribution < 1.29 is 0 Å². The van der Waals surface area contributed by atoms with Crippen LogP contribution in [-0.2, 0) is 6.54 Å². The maximum absolute atomic E-state index is 6.06. The standard InChI is InChI=1S/C15H26N4/c1-11(2)18(4)15-6-5-13(7-17-15)9-19-8-12(3)14(16)10-19/h5-7,11-12,14H,8-10,16H2,1-4H3. The van der Waals surface area contributed by atoms with Crippen molar-refractivity contribution in [3.05, 3.63) is 23.9 Å². The van der Waals surface area contributed by atoms with Gasteiger partial charge in [0, 0.05) is 45.0 Å². The van der Waals surface area contributed by atoms with Gasteiger partial charge in [-0.05, 0) is 31.4 Å². The van der Waals surface area contributed by atoms with Crippen molar-refractivity contribution in [1.29, 1.82) is 0 Å². The summed E-state index contributed by atoms with van der Waals surface area (Å²) < 4.78 is 0. The summed E-state index contributed by atoms with van der Waals surface area (Å²) in [4.78, 5) is 9.14. The molecule has 2 heterocycles. The summed E-state index contributed by atoms with van der Waals surface area (Å²) in [6.45, 7) is 9.61. The molecular formula is C15H26N4. The topological polar surface area (TPSA) is 45.4 Å². The van der Waals surface area contributed by atoms with E-state index in [1.165, 1.54) is 5.56 Å². The van der Waals surface area contributed by atoms with Crippen LogP contribution in [0.2, 0.25) is 0 Å². The lowest BCUT2D eigenvalue weighted by Crippen LogP contribution is -2.28. The molecule has 0 saturated carbocycles. The van der Waals surface area contributed by atoms with Crippen LogP contribution in [0, 0.1) is 5.92 Å². The molecule has 0 amide bonds. The summed E-state index contributed by atoms with van der Waals surface area (Å²) in [5.41, 5.74) is 7.32. The SMILES string of the molecule is CC1CN(Cc2ccc(N(C)C(C)C)nc2)CC1N. The number of anilines is 1. The van der Waals surface area contributed by atoms with Crippen molar-refractivity contribution in [1.82, 2.24) is 9.88 Å². The largest absolute Gasteiger partial charge is 0.357 e. The number of likely N-dealkylation sites (tertiary alicyclic amines) is 1. The van der Waals surface area contributed by atoms with E-state index in [0.717, 1.165) is 25.5 Å². The molecule has 0 aliphatic carbocycles. The van der Waals surface area contributed by atoms with Gasteiger partial charge in [-0.15, -0.1) is 0 Å². The lowest BCUT2D eigenvalue weighted by molar-refractivity contribution is 0.318. The number of nitrogens with zero attached hydrogens (tertiary/aromatic N) is 3. The zero-order chi connectivity index (χ0) is 14.0. The van der Waals surface area contributed by atoms with Gasteiger partial charge >= 0.3 is 0 Å². The number of hydrogen-bond acceptors (Lipinski definition) is 4. The average Bonchev–Trinajstić information content (AvgIpc) is 2.68. The molecule has 19 heavy (non-hydrogen) atoms. The molecule has 1 fully saturated rings. The zero-order valence-electron chi connectivity index (χ0n) is 12.5. The second-order valence-electron chi connectivity index (χ2n) is 6.06. The Bertz CT molecular complexity index is 391. The fourth-order valence-corrected chi connectivity index (χ4v) is 2.47. The van der Waals surface area contributed by atoms with Crippen LogP contribution in [0.15, 0.2) is 18.3 Å². The zero-order valence-corrected chi connectivity index (χ0v) is 12.5. The molecule has 2 unspecified atom stereocenters. The van der Waals surface area contributed by atoms with Crippen LogP contribution >= 0.6 is 0 Å². The van der Waals surface area contributed by atoms with Gasteiger partial charge < -0.3 is 10.6 Å². The molecule has 106 valence electrons. The molecule has 1 aliphatic rings. The van der Waals surface area contributed by atoms with Crippen molar-refractivity contribution in [2.75, 3.05) is 25.0 Å². The normalized spacial score (nSPS) is 24.1. The molecule has 2 atom stereocenters. The van der Waals surface area contributed by atoms with Crippen molar-refractivity contribution in [3.63, 3.8) is 0 Å². The molecule has 1 aliphatic heterocycles. The van der Waals surface area contributed by atoms with E-state index in [0.29, 0.717) is 18.0 Å². The highest BCUT2D eigenvalue weighted by Gasteiger charge is 2.26. The fraction of sp³-hybridized carbons (Fsp3) is 0.667. The van der Waals surface area contributed by atoms with E-state index in [1.807, 2.05) is 6.20 Å². The summed E-state index contributed by atoms with van der Waals surface area (Å²) in [6, 6.07) is 5.07. The van der Waals surface area contributed by atoms with Gasteiger partial charge in [0.25, 0.3) is 0 Å². The smallest absolute Gasteiger partial charge is 0.128 e. The fourth-order valence-electron chi connectivity index (χ4n) is 2.47. The Morgan fingerprint density at radius 2 is 2.16 bits per heavy atom. The van der Waals surface area contributed by atoms with E-state index in [1.54, 1.807) is 0 Å². The maximum Gasteiger partial charge on any atom is 0.128 e. The van der Waals surface area contributed by atoms with Crippen molar-refractivity contribution in [3.8, 4) is 0 Å². The van der Waals surface area contributed by atoms with Gasteiger partial charge in [-0.25, -0.2) is 4.98 Å². The Balaban J connectivity index is 1.96. The molecule has 0 bridgehead atoms. The number of hydrogen-bond donors (Lipinski definition) is 1. The van der Waals surface area contributed by atoms with E-state index >= 15 is 0 Å². The molecular weight excluding hydrogens is 236 g/mol. The number of aromatic nitrogens is 1. The first-order valence-corrected chi connectivity index (χ1v) is 7.13. The van der Waals surface area contributed by atoms with Gasteiger partial charge in [-0.3, -0.25) is 4.90 Å². The first-order valence-electron chi connectivity index (χ1n) is 7.13. The van der Waals surface area contributed by atoms with Crippen molar-refractivity contribution in [2.24, 2.45) is 11.7 Å². The molecule has 1 aromatic heterocycles. The highest BCUT2D eigenvalue weighted by Crippen LogP contribution is 2.18. The Labute approximate surface area is 116 Å². The third-order valence-corrected chi connectivity index (χ3v) is 4.10. The summed E-state index contributed by atoms with van der Waals surface area (Å²) in [5.74, 6) is 1.63. The minimum absolute atomic E-state index is 0.319. The summed E-state index contributed by atoms with van der Waals surface area (Å²) in [7, 11) is 2.08. The van der Waals surface area contributed by atoms with Crippen LogP contribution in [-0.4, -0.2) is 42.1 Å². The van der Waals surface area contributed by atoms with Crippen LogP contribution in [0.4, 0.5) is 5.82 Å².